The third-order valence-electron chi connectivity index (χ3n) is 2.89. The molecule has 0 N–H and O–H groups in total. The van der Waals surface area contributed by atoms with Crippen LogP contribution in [0.2, 0.25) is 5.02 Å². The molecule has 0 bridgehead atoms. The molecule has 0 atom stereocenters. The van der Waals surface area contributed by atoms with Crippen molar-refractivity contribution in [3.05, 3.63) is 16.1 Å². The maximum atomic E-state index is 6.27. The minimum Gasteiger partial charge on any atom is -0.492 e. The molecule has 0 amide bonds. The molecule has 4 heteroatoms. The Morgan fingerprint density at radius 2 is 1.73 bits per heavy atom. The van der Waals surface area contributed by atoms with Gasteiger partial charge in [0.05, 0.1) is 25.3 Å². The number of halogens is 1. The summed E-state index contributed by atoms with van der Waals surface area (Å²) in [5.41, 5.74) is 2.07. The van der Waals surface area contributed by atoms with E-state index in [1.54, 1.807) is 7.11 Å². The Bertz CT molecular complexity index is 393. The van der Waals surface area contributed by atoms with Gasteiger partial charge in [0.1, 0.15) is 5.75 Å². The van der Waals surface area contributed by atoms with E-state index in [0.29, 0.717) is 18.2 Å². The van der Waals surface area contributed by atoms with E-state index in [1.807, 2.05) is 0 Å². The molecule has 15 heavy (non-hydrogen) atoms. The molecule has 80 valence electrons. The van der Waals surface area contributed by atoms with Gasteiger partial charge in [0.15, 0.2) is 11.5 Å². The van der Waals surface area contributed by atoms with Crippen molar-refractivity contribution in [2.45, 2.75) is 12.8 Å². The molecule has 2 aliphatic heterocycles. The number of ether oxygens (including phenoxy) is 3. The van der Waals surface area contributed by atoms with Crippen molar-refractivity contribution in [2.75, 3.05) is 20.3 Å². The van der Waals surface area contributed by atoms with Crippen molar-refractivity contribution in [3.63, 3.8) is 0 Å². The molecular weight excluding hydrogens is 216 g/mol. The van der Waals surface area contributed by atoms with Crippen LogP contribution in [0.1, 0.15) is 11.1 Å². The number of hydrogen-bond acceptors (Lipinski definition) is 3. The smallest absolute Gasteiger partial charge is 0.168 e. The molecule has 3 nitrogen and oxygen atoms in total. The molecule has 0 fully saturated rings. The van der Waals surface area contributed by atoms with Crippen molar-refractivity contribution in [2.24, 2.45) is 0 Å². The summed E-state index contributed by atoms with van der Waals surface area (Å²) in [6, 6.07) is 0. The Kier molecular flexibility index (Phi) is 1.96. The predicted octanol–water partition coefficient (Wildman–Crippen LogP) is 2.22. The molecule has 0 radical (unpaired) electrons. The van der Waals surface area contributed by atoms with Gasteiger partial charge in [-0.05, 0) is 0 Å². The number of benzene rings is 1. The average molecular weight is 227 g/mol. The largest absolute Gasteiger partial charge is 0.492 e. The van der Waals surface area contributed by atoms with E-state index in [0.717, 1.165) is 41.2 Å². The van der Waals surface area contributed by atoms with E-state index in [-0.39, 0.29) is 0 Å². The molecule has 2 aliphatic rings. The Hall–Kier alpha value is -1.09. The van der Waals surface area contributed by atoms with Gasteiger partial charge in [-0.2, -0.15) is 0 Å². The van der Waals surface area contributed by atoms with E-state index >= 15 is 0 Å². The van der Waals surface area contributed by atoms with Crippen molar-refractivity contribution < 1.29 is 14.2 Å². The summed E-state index contributed by atoms with van der Waals surface area (Å²) in [7, 11) is 1.66. The third-order valence-corrected chi connectivity index (χ3v) is 3.29. The maximum absolute atomic E-state index is 6.27. The van der Waals surface area contributed by atoms with Gasteiger partial charge in [0.2, 0.25) is 0 Å². The van der Waals surface area contributed by atoms with Gasteiger partial charge in [-0.15, -0.1) is 0 Å². The Morgan fingerprint density at radius 1 is 1.07 bits per heavy atom. The molecule has 1 aromatic rings. The Morgan fingerprint density at radius 3 is 2.47 bits per heavy atom. The molecule has 1 aromatic carbocycles. The minimum absolute atomic E-state index is 0.675. The van der Waals surface area contributed by atoms with Gasteiger partial charge in [-0.3, -0.25) is 0 Å². The fourth-order valence-electron chi connectivity index (χ4n) is 2.23. The molecule has 0 saturated carbocycles. The normalized spacial score (nSPS) is 16.7. The molecule has 0 aliphatic carbocycles. The zero-order valence-corrected chi connectivity index (χ0v) is 9.19. The second kappa shape index (κ2) is 3.20. The van der Waals surface area contributed by atoms with Gasteiger partial charge in [-0.1, -0.05) is 11.6 Å². The van der Waals surface area contributed by atoms with Crippen molar-refractivity contribution in [1.29, 1.82) is 0 Å². The second-order valence-corrected chi connectivity index (χ2v) is 4.04. The molecule has 0 aromatic heterocycles. The summed E-state index contributed by atoms with van der Waals surface area (Å²) in [5.74, 6) is 2.41. The van der Waals surface area contributed by atoms with Crippen LogP contribution in [0.3, 0.4) is 0 Å². The molecule has 0 saturated heterocycles. The summed E-state index contributed by atoms with van der Waals surface area (Å²) in [4.78, 5) is 0. The molecule has 0 spiro atoms. The molecule has 2 heterocycles. The topological polar surface area (TPSA) is 27.7 Å². The second-order valence-electron chi connectivity index (χ2n) is 3.66. The van der Waals surface area contributed by atoms with Gasteiger partial charge in [-0.25, -0.2) is 0 Å². The van der Waals surface area contributed by atoms with Crippen LogP contribution in [-0.2, 0) is 12.8 Å². The van der Waals surface area contributed by atoms with E-state index in [2.05, 4.69) is 0 Å². The van der Waals surface area contributed by atoms with E-state index < -0.39 is 0 Å². The summed E-state index contributed by atoms with van der Waals surface area (Å²) >= 11 is 6.27. The van der Waals surface area contributed by atoms with Crippen LogP contribution < -0.4 is 14.2 Å². The highest BCUT2D eigenvalue weighted by atomic mass is 35.5. The predicted molar refractivity (Wildman–Crippen MR) is 56.4 cm³/mol. The number of rotatable bonds is 1. The van der Waals surface area contributed by atoms with Crippen molar-refractivity contribution >= 4 is 11.6 Å². The van der Waals surface area contributed by atoms with Crippen molar-refractivity contribution in [3.8, 4) is 17.2 Å². The van der Waals surface area contributed by atoms with Gasteiger partial charge < -0.3 is 14.2 Å². The van der Waals surface area contributed by atoms with Crippen LogP contribution in [-0.4, -0.2) is 20.3 Å². The maximum Gasteiger partial charge on any atom is 0.168 e. The highest BCUT2D eigenvalue weighted by Gasteiger charge is 2.31. The average Bonchev–Trinajstić information content (AvgIpc) is 2.85. The molecule has 0 unspecified atom stereocenters. The number of fused-ring (bicyclic) bond motifs is 2. The van der Waals surface area contributed by atoms with Gasteiger partial charge in [0, 0.05) is 24.0 Å². The van der Waals surface area contributed by atoms with E-state index in [9.17, 15) is 0 Å². The minimum atomic E-state index is 0.675. The zero-order valence-electron chi connectivity index (χ0n) is 8.43. The lowest BCUT2D eigenvalue weighted by Crippen LogP contribution is -1.94. The Labute approximate surface area is 92.9 Å². The van der Waals surface area contributed by atoms with Crippen LogP contribution in [0.25, 0.3) is 0 Å². The highest BCUT2D eigenvalue weighted by molar-refractivity contribution is 6.33. The van der Waals surface area contributed by atoms with Gasteiger partial charge >= 0.3 is 0 Å². The lowest BCUT2D eigenvalue weighted by Gasteiger charge is -2.12. The van der Waals surface area contributed by atoms with Gasteiger partial charge in [0.25, 0.3) is 0 Å². The third kappa shape index (κ3) is 1.13. The SMILES string of the molecule is COc1c2c(c(Cl)c3c1OCC3)OCC2. The van der Waals surface area contributed by atoms with Crippen LogP contribution in [0, 0.1) is 0 Å². The first-order chi connectivity index (χ1) is 7.33. The van der Waals surface area contributed by atoms with E-state index in [4.69, 9.17) is 25.8 Å². The van der Waals surface area contributed by atoms with Crippen LogP contribution in [0.4, 0.5) is 0 Å². The fraction of sp³-hybridized carbons (Fsp3) is 0.455. The lowest BCUT2D eigenvalue weighted by atomic mass is 10.1. The zero-order chi connectivity index (χ0) is 10.4. The summed E-state index contributed by atoms with van der Waals surface area (Å²) in [6.45, 7) is 1.35. The first-order valence-corrected chi connectivity index (χ1v) is 5.37. The first kappa shape index (κ1) is 9.16. The summed E-state index contributed by atoms with van der Waals surface area (Å²) < 4.78 is 16.5. The summed E-state index contributed by atoms with van der Waals surface area (Å²) in [6.07, 6.45) is 1.68. The summed E-state index contributed by atoms with van der Waals surface area (Å²) in [5, 5.41) is 0.704. The lowest BCUT2D eigenvalue weighted by molar-refractivity contribution is 0.324. The van der Waals surface area contributed by atoms with Crippen LogP contribution in [0.5, 0.6) is 17.2 Å². The highest BCUT2D eigenvalue weighted by Crippen LogP contribution is 2.50. The first-order valence-electron chi connectivity index (χ1n) is 4.99. The molecule has 3 rings (SSSR count). The monoisotopic (exact) mass is 226 g/mol. The number of methoxy groups -OCH3 is 1. The Balaban J connectivity index is 2.31. The number of hydrogen-bond donors (Lipinski definition) is 0. The molecular formula is C11H11ClO3. The van der Waals surface area contributed by atoms with E-state index in [1.165, 1.54) is 0 Å². The van der Waals surface area contributed by atoms with Crippen molar-refractivity contribution in [1.82, 2.24) is 0 Å². The van der Waals surface area contributed by atoms with Crippen LogP contribution in [0.15, 0.2) is 0 Å². The fourth-order valence-corrected chi connectivity index (χ4v) is 2.58. The quantitative estimate of drug-likeness (QED) is 0.735. The standard InChI is InChI=1S/C11H11ClO3/c1-13-10-7-3-5-14-9(7)8(12)6-2-4-15-11(6)10/h2-5H2,1H3. The van der Waals surface area contributed by atoms with Crippen LogP contribution >= 0.6 is 11.6 Å².